The summed E-state index contributed by atoms with van der Waals surface area (Å²) in [4.78, 5) is 21.6. The quantitative estimate of drug-likeness (QED) is 0.189. The van der Waals surface area contributed by atoms with Crippen molar-refractivity contribution in [2.75, 3.05) is 5.43 Å². The number of hydrogen-bond donors (Lipinski definition) is 3. The fraction of sp³-hybridized carbons (Fsp3) is 0.697. The first-order chi connectivity index (χ1) is 19.9. The van der Waals surface area contributed by atoms with Gasteiger partial charge in [-0.1, -0.05) is 60.0 Å². The van der Waals surface area contributed by atoms with E-state index in [2.05, 4.69) is 51.5 Å². The highest BCUT2D eigenvalue weighted by atomic mass is 16.6. The molecule has 4 aliphatic rings. The van der Waals surface area contributed by atoms with E-state index in [4.69, 9.17) is 0 Å². The zero-order chi connectivity index (χ0) is 30.4. The summed E-state index contributed by atoms with van der Waals surface area (Å²) in [6, 6.07) is 3.61. The van der Waals surface area contributed by atoms with Crippen LogP contribution in [0.1, 0.15) is 92.4 Å². The molecule has 9 heteroatoms. The van der Waals surface area contributed by atoms with Gasteiger partial charge < -0.3 is 10.5 Å². The van der Waals surface area contributed by atoms with E-state index in [0.717, 1.165) is 24.8 Å². The molecular weight excluding hydrogens is 532 g/mol. The van der Waals surface area contributed by atoms with Gasteiger partial charge in [-0.2, -0.15) is 0 Å². The fourth-order valence-electron chi connectivity index (χ4n) is 9.61. The number of benzene rings is 1. The molecule has 3 fully saturated rings. The van der Waals surface area contributed by atoms with Gasteiger partial charge in [-0.05, 0) is 102 Å². The van der Waals surface area contributed by atoms with Crippen molar-refractivity contribution in [1.29, 1.82) is 0 Å². The third kappa shape index (κ3) is 5.33. The highest BCUT2D eigenvalue weighted by molar-refractivity contribution is 5.65. The molecule has 0 heterocycles. The zero-order valence-corrected chi connectivity index (χ0v) is 25.8. The molecule has 0 spiro atoms. The molecule has 8 atom stereocenters. The van der Waals surface area contributed by atoms with Crippen LogP contribution in [-0.2, 0) is 0 Å². The number of non-ortho nitro benzene ring substituents is 1. The number of anilines is 1. The Hall–Kier alpha value is -2.94. The number of nitro benzene ring substituents is 2. The molecule has 1 aromatic carbocycles. The number of nitrogens with zero attached hydrogens (tertiary/aromatic N) is 2. The highest BCUT2D eigenvalue weighted by Crippen LogP contribution is 2.71. The molecule has 0 aliphatic heterocycles. The predicted molar refractivity (Wildman–Crippen MR) is 164 cm³/mol. The number of fused-ring (bicyclic) bond motifs is 5. The minimum absolute atomic E-state index is 0.000930. The Bertz CT molecular complexity index is 1280. The van der Waals surface area contributed by atoms with Crippen LogP contribution in [0.4, 0.5) is 17.1 Å². The van der Waals surface area contributed by atoms with E-state index in [0.29, 0.717) is 29.6 Å². The molecule has 230 valence electrons. The Morgan fingerprint density at radius 1 is 1.02 bits per heavy atom. The third-order valence-corrected chi connectivity index (χ3v) is 11.7. The van der Waals surface area contributed by atoms with Crippen molar-refractivity contribution in [3.63, 3.8) is 0 Å². The summed E-state index contributed by atoms with van der Waals surface area (Å²) >= 11 is 0. The summed E-state index contributed by atoms with van der Waals surface area (Å²) in [5.41, 5.74) is 8.29. The maximum atomic E-state index is 11.7. The smallest absolute Gasteiger partial charge is 0.300 e. The largest absolute Gasteiger partial charge is 0.389 e. The SMILES string of the molecule is CC(C)CCC[C@@H](C)[C@H]1CCC2C3C(=CNNc4ccc([N+](=O)[O-])cc4[N+](=O)[O-])C4=C[C@@H](O)CC[C@]4(C)C3CC[C@@]21C. The first-order valence-electron chi connectivity index (χ1n) is 15.9. The van der Waals surface area contributed by atoms with Gasteiger partial charge in [-0.15, -0.1) is 0 Å². The van der Waals surface area contributed by atoms with Crippen LogP contribution in [0.15, 0.2) is 41.6 Å². The molecule has 5 rings (SSSR count). The first kappa shape index (κ1) is 30.5. The van der Waals surface area contributed by atoms with Crippen LogP contribution >= 0.6 is 0 Å². The van der Waals surface area contributed by atoms with Crippen molar-refractivity contribution in [3.05, 3.63) is 61.8 Å². The van der Waals surface area contributed by atoms with Crippen molar-refractivity contribution in [2.45, 2.75) is 98.5 Å². The molecule has 0 saturated heterocycles. The van der Waals surface area contributed by atoms with Crippen molar-refractivity contribution in [3.8, 4) is 0 Å². The average molecular weight is 581 g/mol. The molecule has 0 aromatic heterocycles. The summed E-state index contributed by atoms with van der Waals surface area (Å²) in [5, 5.41) is 33.5. The molecular formula is C33H48N4O5. The molecule has 3 N–H and O–H groups in total. The van der Waals surface area contributed by atoms with Crippen molar-refractivity contribution >= 4 is 17.1 Å². The minimum atomic E-state index is -0.632. The van der Waals surface area contributed by atoms with Crippen LogP contribution in [0.3, 0.4) is 0 Å². The van der Waals surface area contributed by atoms with E-state index in [-0.39, 0.29) is 27.9 Å². The number of hydrogen-bond acceptors (Lipinski definition) is 7. The van der Waals surface area contributed by atoms with E-state index in [1.807, 2.05) is 6.20 Å². The first-order valence-corrected chi connectivity index (χ1v) is 15.9. The van der Waals surface area contributed by atoms with Crippen LogP contribution in [0.5, 0.6) is 0 Å². The van der Waals surface area contributed by atoms with Gasteiger partial charge in [0.1, 0.15) is 5.69 Å². The monoisotopic (exact) mass is 580 g/mol. The van der Waals surface area contributed by atoms with Gasteiger partial charge in [0.05, 0.1) is 22.0 Å². The Labute approximate surface area is 249 Å². The topological polar surface area (TPSA) is 131 Å². The summed E-state index contributed by atoms with van der Waals surface area (Å²) in [6.45, 7) is 12.0. The second-order valence-corrected chi connectivity index (χ2v) is 14.5. The highest BCUT2D eigenvalue weighted by Gasteiger charge is 2.63. The van der Waals surface area contributed by atoms with Gasteiger partial charge in [0.15, 0.2) is 0 Å². The van der Waals surface area contributed by atoms with Gasteiger partial charge in [0.25, 0.3) is 5.69 Å². The van der Waals surface area contributed by atoms with Crippen LogP contribution in [0.25, 0.3) is 0 Å². The number of rotatable bonds is 10. The lowest BCUT2D eigenvalue weighted by molar-refractivity contribution is -0.393. The average Bonchev–Trinajstić information content (AvgIpc) is 3.40. The Morgan fingerprint density at radius 3 is 2.48 bits per heavy atom. The van der Waals surface area contributed by atoms with Crippen LogP contribution in [0, 0.1) is 66.6 Å². The van der Waals surface area contributed by atoms with E-state index in [9.17, 15) is 25.3 Å². The normalized spacial score (nSPS) is 35.3. The molecule has 0 radical (unpaired) electrons. The Balaban J connectivity index is 1.44. The number of hydrazine groups is 1. The second kappa shape index (κ2) is 11.6. The van der Waals surface area contributed by atoms with Crippen molar-refractivity contribution in [1.82, 2.24) is 5.43 Å². The summed E-state index contributed by atoms with van der Waals surface area (Å²) < 4.78 is 0. The van der Waals surface area contributed by atoms with Gasteiger partial charge in [0.2, 0.25) is 0 Å². The van der Waals surface area contributed by atoms with E-state index in [1.54, 1.807) is 0 Å². The lowest BCUT2D eigenvalue weighted by atomic mass is 9.54. The molecule has 42 heavy (non-hydrogen) atoms. The van der Waals surface area contributed by atoms with Gasteiger partial charge in [0, 0.05) is 12.3 Å². The predicted octanol–water partition coefficient (Wildman–Crippen LogP) is 7.93. The molecule has 1 aromatic rings. The molecule has 3 saturated carbocycles. The minimum Gasteiger partial charge on any atom is -0.389 e. The number of aliphatic hydroxyl groups is 1. The number of allylic oxidation sites excluding steroid dienone is 2. The van der Waals surface area contributed by atoms with Gasteiger partial charge in [-0.25, -0.2) is 0 Å². The number of nitro groups is 2. The van der Waals surface area contributed by atoms with Crippen LogP contribution in [0.2, 0.25) is 0 Å². The molecule has 4 aliphatic carbocycles. The number of aliphatic hydroxyl groups excluding tert-OH is 1. The molecule has 3 unspecified atom stereocenters. The molecule has 9 nitrogen and oxygen atoms in total. The second-order valence-electron chi connectivity index (χ2n) is 14.5. The van der Waals surface area contributed by atoms with E-state index < -0.39 is 16.0 Å². The Kier molecular flexibility index (Phi) is 8.45. The van der Waals surface area contributed by atoms with Gasteiger partial charge >= 0.3 is 5.69 Å². The third-order valence-electron chi connectivity index (χ3n) is 11.7. The Morgan fingerprint density at radius 2 is 1.79 bits per heavy atom. The molecule has 0 amide bonds. The van der Waals surface area contributed by atoms with Crippen LogP contribution in [-0.4, -0.2) is 21.1 Å². The fourth-order valence-corrected chi connectivity index (χ4v) is 9.61. The molecule has 0 bridgehead atoms. The van der Waals surface area contributed by atoms with E-state index in [1.165, 1.54) is 68.2 Å². The van der Waals surface area contributed by atoms with E-state index >= 15 is 0 Å². The summed E-state index contributed by atoms with van der Waals surface area (Å²) in [5.74, 6) is 3.57. The van der Waals surface area contributed by atoms with Crippen LogP contribution < -0.4 is 10.9 Å². The maximum Gasteiger partial charge on any atom is 0.300 e. The lowest BCUT2D eigenvalue weighted by Crippen LogP contribution is -2.44. The summed E-state index contributed by atoms with van der Waals surface area (Å²) in [7, 11) is 0. The summed E-state index contributed by atoms with van der Waals surface area (Å²) in [6.07, 6.45) is 14.0. The zero-order valence-electron chi connectivity index (χ0n) is 25.8. The van der Waals surface area contributed by atoms with Gasteiger partial charge in [-0.3, -0.25) is 25.7 Å². The van der Waals surface area contributed by atoms with Crippen molar-refractivity contribution < 1.29 is 15.0 Å². The van der Waals surface area contributed by atoms with Crippen molar-refractivity contribution in [2.24, 2.45) is 46.3 Å². The lowest BCUT2D eigenvalue weighted by Gasteiger charge is -2.51. The number of nitrogens with one attached hydrogen (secondary N) is 2. The standard InChI is InChI=1S/C33H48N4O5/c1-20(2)7-6-8-21(3)25-10-11-26-31-24(19-34-35-29-12-9-22(36(39)40)17-30(29)37(41)42)28-18-23(38)13-15-33(28,5)27(31)14-16-32(25,26)4/h9,12,17-21,23,25-27,31,34-35,38H,6-8,10-11,13-16H2,1-5H3/t21-,23+,25-,26?,27?,31?,32-,33-/m1/s1. The maximum absolute atomic E-state index is 11.7.